The third kappa shape index (κ3) is 4.80. The van der Waals surface area contributed by atoms with Crippen LogP contribution >= 0.6 is 0 Å². The van der Waals surface area contributed by atoms with Crippen LogP contribution in [0.2, 0.25) is 0 Å². The van der Waals surface area contributed by atoms with Gasteiger partial charge in [0, 0.05) is 0 Å². The maximum absolute atomic E-state index is 14.7. The molecule has 160 valence electrons. The van der Waals surface area contributed by atoms with E-state index in [0.29, 0.717) is 11.5 Å². The van der Waals surface area contributed by atoms with Crippen LogP contribution in [0.5, 0.6) is 5.75 Å². The van der Waals surface area contributed by atoms with Crippen LogP contribution in [0.15, 0.2) is 24.3 Å². The summed E-state index contributed by atoms with van der Waals surface area (Å²) in [4.78, 5) is 0. The fraction of sp³-hybridized carbons (Fsp3) is 0.440. The van der Waals surface area contributed by atoms with Gasteiger partial charge in [0.2, 0.25) is 5.82 Å². The zero-order chi connectivity index (χ0) is 21.7. The highest BCUT2D eigenvalue weighted by Crippen LogP contribution is 2.39. The number of rotatable bonds is 5. The van der Waals surface area contributed by atoms with Crippen molar-refractivity contribution in [2.24, 2.45) is 5.92 Å². The molecule has 1 aliphatic carbocycles. The lowest BCUT2D eigenvalue weighted by Crippen LogP contribution is -2.15. The molecule has 1 nitrogen and oxygen atoms in total. The molecule has 0 amide bonds. The van der Waals surface area contributed by atoms with Gasteiger partial charge in [0.1, 0.15) is 0 Å². The zero-order valence-corrected chi connectivity index (χ0v) is 17.3. The summed E-state index contributed by atoms with van der Waals surface area (Å²) in [6.45, 7) is 4.01. The Morgan fingerprint density at radius 1 is 0.800 bits per heavy atom. The average molecular weight is 418 g/mol. The molecule has 3 rings (SSSR count). The highest BCUT2D eigenvalue weighted by atomic mass is 19.2. The Balaban J connectivity index is 1.80. The van der Waals surface area contributed by atoms with Crippen molar-refractivity contribution in [3.8, 4) is 17.6 Å². The molecule has 0 atom stereocenters. The SMILES string of the molecule is CCCC1CCC(c2ccc(C#Cc3ccc(OCC)c(F)c3F)c(F)c2F)CC1. The molecule has 0 aliphatic heterocycles. The average Bonchev–Trinajstić information content (AvgIpc) is 2.75. The second kappa shape index (κ2) is 10.0. The van der Waals surface area contributed by atoms with Crippen molar-refractivity contribution in [2.75, 3.05) is 6.61 Å². The molecule has 1 aliphatic rings. The van der Waals surface area contributed by atoms with E-state index in [-0.39, 0.29) is 29.4 Å². The van der Waals surface area contributed by atoms with Gasteiger partial charge >= 0.3 is 0 Å². The quantitative estimate of drug-likeness (QED) is 0.371. The minimum absolute atomic E-state index is 0.00673. The van der Waals surface area contributed by atoms with Crippen molar-refractivity contribution in [3.63, 3.8) is 0 Å². The molecule has 0 N–H and O–H groups in total. The molecule has 0 heterocycles. The van der Waals surface area contributed by atoms with Crippen LogP contribution in [0.1, 0.15) is 75.0 Å². The summed E-state index contributed by atoms with van der Waals surface area (Å²) in [6.07, 6.45) is 6.09. The van der Waals surface area contributed by atoms with Gasteiger partial charge in [-0.1, -0.05) is 37.7 Å². The molecular formula is C25H26F4O. The fourth-order valence-electron chi connectivity index (χ4n) is 4.18. The van der Waals surface area contributed by atoms with E-state index in [9.17, 15) is 17.6 Å². The van der Waals surface area contributed by atoms with E-state index in [1.54, 1.807) is 13.0 Å². The molecular weight excluding hydrogens is 392 g/mol. The van der Waals surface area contributed by atoms with Crippen molar-refractivity contribution in [1.29, 1.82) is 0 Å². The topological polar surface area (TPSA) is 9.23 Å². The first kappa shape index (κ1) is 22.2. The van der Waals surface area contributed by atoms with Gasteiger partial charge in [-0.2, -0.15) is 4.39 Å². The summed E-state index contributed by atoms with van der Waals surface area (Å²) >= 11 is 0. The molecule has 1 fully saturated rings. The van der Waals surface area contributed by atoms with Crippen molar-refractivity contribution >= 4 is 0 Å². The molecule has 0 aromatic heterocycles. The number of hydrogen-bond donors (Lipinski definition) is 0. The predicted octanol–water partition coefficient (Wildman–Crippen LogP) is 7.12. The molecule has 30 heavy (non-hydrogen) atoms. The normalized spacial score (nSPS) is 18.6. The fourth-order valence-corrected chi connectivity index (χ4v) is 4.18. The Labute approximate surface area is 175 Å². The van der Waals surface area contributed by atoms with Gasteiger partial charge in [-0.3, -0.25) is 0 Å². The maximum atomic E-state index is 14.7. The van der Waals surface area contributed by atoms with Gasteiger partial charge in [-0.05, 0) is 68.2 Å². The first-order valence-electron chi connectivity index (χ1n) is 10.6. The van der Waals surface area contributed by atoms with Crippen LogP contribution in [-0.4, -0.2) is 6.61 Å². The smallest absolute Gasteiger partial charge is 0.201 e. The molecule has 0 spiro atoms. The lowest BCUT2D eigenvalue weighted by Gasteiger charge is -2.29. The first-order chi connectivity index (χ1) is 14.5. The van der Waals surface area contributed by atoms with Crippen molar-refractivity contribution in [1.82, 2.24) is 0 Å². The second-order valence-corrected chi connectivity index (χ2v) is 7.76. The standard InChI is InChI=1S/C25H26F4O/c1-3-5-16-6-8-17(9-7-16)20-14-12-18(22(26)24(20)28)10-11-19-13-15-21(30-4-2)25(29)23(19)27/h12-17H,3-9H2,1-2H3. The van der Waals surface area contributed by atoms with E-state index >= 15 is 0 Å². The summed E-state index contributed by atoms with van der Waals surface area (Å²) in [6, 6.07) is 5.51. The van der Waals surface area contributed by atoms with Gasteiger partial charge < -0.3 is 4.74 Å². The van der Waals surface area contributed by atoms with Gasteiger partial charge in [0.25, 0.3) is 0 Å². The largest absolute Gasteiger partial charge is 0.491 e. The third-order valence-corrected chi connectivity index (χ3v) is 5.77. The minimum Gasteiger partial charge on any atom is -0.491 e. The Kier molecular flexibility index (Phi) is 7.42. The van der Waals surface area contributed by atoms with Crippen molar-refractivity contribution in [3.05, 3.63) is 64.2 Å². The number of benzene rings is 2. The second-order valence-electron chi connectivity index (χ2n) is 7.76. The molecule has 2 aromatic carbocycles. The molecule has 2 aromatic rings. The van der Waals surface area contributed by atoms with E-state index in [0.717, 1.165) is 32.1 Å². The third-order valence-electron chi connectivity index (χ3n) is 5.77. The Morgan fingerprint density at radius 2 is 1.40 bits per heavy atom. The lowest BCUT2D eigenvalue weighted by molar-refractivity contribution is 0.303. The molecule has 0 radical (unpaired) electrons. The van der Waals surface area contributed by atoms with Crippen LogP contribution in [0.4, 0.5) is 17.6 Å². The summed E-state index contributed by atoms with van der Waals surface area (Å²) < 4.78 is 62.4. The van der Waals surface area contributed by atoms with E-state index in [1.165, 1.54) is 24.6 Å². The number of ether oxygens (including phenoxy) is 1. The lowest BCUT2D eigenvalue weighted by atomic mass is 9.77. The summed E-state index contributed by atoms with van der Waals surface area (Å²) in [5.74, 6) is 1.05. The summed E-state index contributed by atoms with van der Waals surface area (Å²) in [5.41, 5.74) is -0.0370. The van der Waals surface area contributed by atoms with Crippen LogP contribution in [0.3, 0.4) is 0 Å². The van der Waals surface area contributed by atoms with Gasteiger partial charge in [0.05, 0.1) is 17.7 Å². The monoisotopic (exact) mass is 418 g/mol. The molecule has 0 saturated heterocycles. The van der Waals surface area contributed by atoms with Gasteiger partial charge in [-0.15, -0.1) is 0 Å². The van der Waals surface area contributed by atoms with Crippen LogP contribution in [-0.2, 0) is 0 Å². The van der Waals surface area contributed by atoms with Crippen LogP contribution in [0, 0.1) is 41.0 Å². The highest BCUT2D eigenvalue weighted by Gasteiger charge is 2.25. The van der Waals surface area contributed by atoms with E-state index in [2.05, 4.69) is 18.8 Å². The van der Waals surface area contributed by atoms with Crippen LogP contribution < -0.4 is 4.74 Å². The number of hydrogen-bond acceptors (Lipinski definition) is 1. The van der Waals surface area contributed by atoms with Crippen molar-refractivity contribution < 1.29 is 22.3 Å². The first-order valence-corrected chi connectivity index (χ1v) is 10.6. The molecule has 1 saturated carbocycles. The maximum Gasteiger partial charge on any atom is 0.201 e. The summed E-state index contributed by atoms with van der Waals surface area (Å²) in [5, 5.41) is 0. The van der Waals surface area contributed by atoms with E-state index in [4.69, 9.17) is 4.74 Å². The Morgan fingerprint density at radius 3 is 2.00 bits per heavy atom. The Hall–Kier alpha value is -2.48. The van der Waals surface area contributed by atoms with Crippen LogP contribution in [0.25, 0.3) is 0 Å². The molecule has 0 unspecified atom stereocenters. The van der Waals surface area contributed by atoms with E-state index < -0.39 is 23.3 Å². The summed E-state index contributed by atoms with van der Waals surface area (Å²) in [7, 11) is 0. The Bertz CT molecular complexity index is 950. The minimum atomic E-state index is -1.17. The van der Waals surface area contributed by atoms with Gasteiger partial charge in [-0.25, -0.2) is 13.2 Å². The number of halogens is 4. The molecule has 0 bridgehead atoms. The van der Waals surface area contributed by atoms with Gasteiger partial charge in [0.15, 0.2) is 23.2 Å². The molecule has 5 heteroatoms. The van der Waals surface area contributed by atoms with E-state index in [1.807, 2.05) is 0 Å². The highest BCUT2D eigenvalue weighted by molar-refractivity contribution is 5.47. The predicted molar refractivity (Wildman–Crippen MR) is 109 cm³/mol. The van der Waals surface area contributed by atoms with Crippen molar-refractivity contribution in [2.45, 2.75) is 58.3 Å². The zero-order valence-electron chi connectivity index (χ0n) is 17.3.